The van der Waals surface area contributed by atoms with Crippen LogP contribution < -0.4 is 4.90 Å². The fourth-order valence-corrected chi connectivity index (χ4v) is 2.73. The van der Waals surface area contributed by atoms with Crippen LogP contribution in [0.3, 0.4) is 0 Å². The van der Waals surface area contributed by atoms with E-state index in [1.165, 1.54) is 22.0 Å². The van der Waals surface area contributed by atoms with E-state index in [4.69, 9.17) is 4.74 Å². The first-order chi connectivity index (χ1) is 8.90. The molecule has 0 spiro atoms. The second-order valence-electron chi connectivity index (χ2n) is 4.74. The maximum atomic E-state index is 5.44. The summed E-state index contributed by atoms with van der Waals surface area (Å²) in [5, 5.41) is 2.77. The van der Waals surface area contributed by atoms with E-state index in [1.54, 1.807) is 0 Å². The average Bonchev–Trinajstić information content (AvgIpc) is 2.47. The first kappa shape index (κ1) is 11.5. The van der Waals surface area contributed by atoms with Gasteiger partial charge in [-0.25, -0.2) is 0 Å². The predicted octanol–water partition coefficient (Wildman–Crippen LogP) is 3.24. The summed E-state index contributed by atoms with van der Waals surface area (Å²) in [4.78, 5) is 2.44. The molecule has 2 heteroatoms. The van der Waals surface area contributed by atoms with Gasteiger partial charge in [0.1, 0.15) is 0 Å². The number of hydrogen-bond acceptors (Lipinski definition) is 2. The van der Waals surface area contributed by atoms with Crippen molar-refractivity contribution in [2.45, 2.75) is 13.3 Å². The highest BCUT2D eigenvalue weighted by atomic mass is 16.5. The number of hydrogen-bond donors (Lipinski definition) is 0. The lowest BCUT2D eigenvalue weighted by Crippen LogP contribution is -2.36. The van der Waals surface area contributed by atoms with Crippen LogP contribution in [0.1, 0.15) is 12.5 Å². The Morgan fingerprint density at radius 2 is 1.72 bits per heavy atom. The molecule has 2 nitrogen and oxygen atoms in total. The van der Waals surface area contributed by atoms with E-state index in [0.29, 0.717) is 0 Å². The summed E-state index contributed by atoms with van der Waals surface area (Å²) in [5.74, 6) is 0. The summed E-state index contributed by atoms with van der Waals surface area (Å²) in [5.41, 5.74) is 2.79. The molecule has 2 aromatic rings. The molecule has 1 fully saturated rings. The minimum Gasteiger partial charge on any atom is -0.378 e. The van der Waals surface area contributed by atoms with Crippen molar-refractivity contribution < 1.29 is 4.74 Å². The van der Waals surface area contributed by atoms with Gasteiger partial charge in [0.15, 0.2) is 0 Å². The van der Waals surface area contributed by atoms with Crippen LogP contribution in [0.2, 0.25) is 0 Å². The van der Waals surface area contributed by atoms with Gasteiger partial charge < -0.3 is 9.64 Å². The van der Waals surface area contributed by atoms with Crippen LogP contribution in [0.25, 0.3) is 10.8 Å². The Bertz CT molecular complexity index is 544. The number of fused-ring (bicyclic) bond motifs is 1. The highest BCUT2D eigenvalue weighted by Gasteiger charge is 2.14. The molecule has 0 aliphatic carbocycles. The van der Waals surface area contributed by atoms with Crippen molar-refractivity contribution in [1.29, 1.82) is 0 Å². The topological polar surface area (TPSA) is 12.5 Å². The molecule has 0 saturated carbocycles. The van der Waals surface area contributed by atoms with Crippen molar-refractivity contribution in [1.82, 2.24) is 0 Å². The van der Waals surface area contributed by atoms with Crippen LogP contribution in [0.15, 0.2) is 36.4 Å². The first-order valence-corrected chi connectivity index (χ1v) is 6.73. The minimum absolute atomic E-state index is 0.837. The molecule has 0 amide bonds. The third-order valence-corrected chi connectivity index (χ3v) is 3.72. The van der Waals surface area contributed by atoms with Crippen molar-refractivity contribution in [3.05, 3.63) is 42.0 Å². The molecule has 2 aromatic carbocycles. The second kappa shape index (κ2) is 4.99. The highest BCUT2D eigenvalue weighted by Crippen LogP contribution is 2.30. The molecule has 0 unspecified atom stereocenters. The summed E-state index contributed by atoms with van der Waals surface area (Å²) < 4.78 is 5.44. The first-order valence-electron chi connectivity index (χ1n) is 6.73. The summed E-state index contributed by atoms with van der Waals surface area (Å²) in [6, 6.07) is 13.3. The van der Waals surface area contributed by atoms with E-state index in [1.807, 2.05) is 0 Å². The molecule has 1 saturated heterocycles. The number of anilines is 1. The third kappa shape index (κ3) is 1.97. The zero-order valence-corrected chi connectivity index (χ0v) is 10.9. The van der Waals surface area contributed by atoms with Crippen LogP contribution in [0.5, 0.6) is 0 Å². The van der Waals surface area contributed by atoms with Gasteiger partial charge in [0.25, 0.3) is 0 Å². The van der Waals surface area contributed by atoms with Crippen LogP contribution in [0, 0.1) is 0 Å². The van der Waals surface area contributed by atoms with E-state index in [9.17, 15) is 0 Å². The van der Waals surface area contributed by atoms with Gasteiger partial charge in [0.05, 0.1) is 13.2 Å². The Kier molecular flexibility index (Phi) is 3.20. The molecular weight excluding hydrogens is 222 g/mol. The Hall–Kier alpha value is -1.54. The Morgan fingerprint density at radius 3 is 2.44 bits per heavy atom. The molecule has 1 heterocycles. The van der Waals surface area contributed by atoms with Gasteiger partial charge in [0.2, 0.25) is 0 Å². The Labute approximate surface area is 108 Å². The molecule has 18 heavy (non-hydrogen) atoms. The largest absolute Gasteiger partial charge is 0.378 e. The lowest BCUT2D eigenvalue weighted by atomic mass is 10.0. The Morgan fingerprint density at radius 1 is 1.00 bits per heavy atom. The van der Waals surface area contributed by atoms with E-state index >= 15 is 0 Å². The standard InChI is InChI=1S/C16H19NO/c1-2-13-7-8-16(17-9-11-18-12-10-17)15-6-4-3-5-14(13)15/h3-8H,2,9-12H2,1H3. The number of morpholine rings is 1. The molecule has 3 rings (SSSR count). The number of nitrogens with zero attached hydrogens (tertiary/aromatic N) is 1. The van der Waals surface area contributed by atoms with Gasteiger partial charge >= 0.3 is 0 Å². The molecule has 0 radical (unpaired) electrons. The molecule has 0 bridgehead atoms. The molecular formula is C16H19NO. The van der Waals surface area contributed by atoms with Gasteiger partial charge in [-0.05, 0) is 23.4 Å². The number of ether oxygens (including phenoxy) is 1. The maximum absolute atomic E-state index is 5.44. The van der Waals surface area contributed by atoms with Crippen molar-refractivity contribution >= 4 is 16.5 Å². The van der Waals surface area contributed by atoms with E-state index in [-0.39, 0.29) is 0 Å². The summed E-state index contributed by atoms with van der Waals surface area (Å²) in [7, 11) is 0. The molecule has 0 atom stereocenters. The van der Waals surface area contributed by atoms with Crippen molar-refractivity contribution in [3.8, 4) is 0 Å². The number of aryl methyl sites for hydroxylation is 1. The quantitative estimate of drug-likeness (QED) is 0.800. The Balaban J connectivity index is 2.12. The lowest BCUT2D eigenvalue weighted by Gasteiger charge is -2.30. The van der Waals surface area contributed by atoms with E-state index in [2.05, 4.69) is 48.2 Å². The number of benzene rings is 2. The van der Waals surface area contributed by atoms with Gasteiger partial charge in [-0.3, -0.25) is 0 Å². The lowest BCUT2D eigenvalue weighted by molar-refractivity contribution is 0.123. The normalized spacial score (nSPS) is 16.2. The summed E-state index contributed by atoms with van der Waals surface area (Å²) in [6.07, 6.45) is 1.09. The minimum atomic E-state index is 0.837. The molecule has 1 aliphatic rings. The van der Waals surface area contributed by atoms with E-state index in [0.717, 1.165) is 32.7 Å². The van der Waals surface area contributed by atoms with E-state index < -0.39 is 0 Å². The maximum Gasteiger partial charge on any atom is 0.0642 e. The van der Waals surface area contributed by atoms with Gasteiger partial charge in [0, 0.05) is 24.2 Å². The average molecular weight is 241 g/mol. The predicted molar refractivity (Wildman–Crippen MR) is 76.4 cm³/mol. The third-order valence-electron chi connectivity index (χ3n) is 3.72. The van der Waals surface area contributed by atoms with Gasteiger partial charge in [-0.1, -0.05) is 37.3 Å². The SMILES string of the molecule is CCc1ccc(N2CCOCC2)c2ccccc12. The van der Waals surface area contributed by atoms with Crippen LogP contribution >= 0.6 is 0 Å². The van der Waals surface area contributed by atoms with Crippen molar-refractivity contribution in [2.75, 3.05) is 31.2 Å². The van der Waals surface area contributed by atoms with Crippen molar-refractivity contribution in [3.63, 3.8) is 0 Å². The van der Waals surface area contributed by atoms with Crippen molar-refractivity contribution in [2.24, 2.45) is 0 Å². The van der Waals surface area contributed by atoms with Crippen LogP contribution in [-0.2, 0) is 11.2 Å². The van der Waals surface area contributed by atoms with Gasteiger partial charge in [-0.2, -0.15) is 0 Å². The zero-order valence-electron chi connectivity index (χ0n) is 10.9. The van der Waals surface area contributed by atoms with Crippen LogP contribution in [0.4, 0.5) is 5.69 Å². The summed E-state index contributed by atoms with van der Waals surface area (Å²) in [6.45, 7) is 5.88. The van der Waals surface area contributed by atoms with Gasteiger partial charge in [-0.15, -0.1) is 0 Å². The highest BCUT2D eigenvalue weighted by molar-refractivity contribution is 5.96. The fraction of sp³-hybridized carbons (Fsp3) is 0.375. The second-order valence-corrected chi connectivity index (χ2v) is 4.74. The monoisotopic (exact) mass is 241 g/mol. The smallest absolute Gasteiger partial charge is 0.0642 e. The summed E-state index contributed by atoms with van der Waals surface area (Å²) >= 11 is 0. The molecule has 0 aromatic heterocycles. The zero-order chi connectivity index (χ0) is 12.4. The number of rotatable bonds is 2. The molecule has 1 aliphatic heterocycles. The van der Waals surface area contributed by atoms with Crippen LogP contribution in [-0.4, -0.2) is 26.3 Å². The molecule has 0 N–H and O–H groups in total. The fourth-order valence-electron chi connectivity index (χ4n) is 2.73. The molecule has 94 valence electrons.